The van der Waals surface area contributed by atoms with E-state index in [-0.39, 0.29) is 11.3 Å². The second kappa shape index (κ2) is 9.13. The maximum absolute atomic E-state index is 13.7. The van der Waals surface area contributed by atoms with Crippen molar-refractivity contribution in [2.45, 2.75) is 31.6 Å². The van der Waals surface area contributed by atoms with E-state index < -0.39 is 10.0 Å². The van der Waals surface area contributed by atoms with Gasteiger partial charge in [0.05, 0.1) is 12.9 Å². The molecule has 198 valence electrons. The number of sulfonamides is 1. The van der Waals surface area contributed by atoms with E-state index in [1.54, 1.807) is 12.1 Å². The molecule has 0 radical (unpaired) electrons. The van der Waals surface area contributed by atoms with Crippen molar-refractivity contribution in [3.8, 4) is 16.9 Å². The quantitative estimate of drug-likeness (QED) is 0.533. The summed E-state index contributed by atoms with van der Waals surface area (Å²) in [7, 11) is -1.15. The van der Waals surface area contributed by atoms with Crippen molar-refractivity contribution in [1.82, 2.24) is 4.90 Å². The number of benzene rings is 3. The number of likely N-dealkylation sites (tertiary alicyclic amines) is 1. The summed E-state index contributed by atoms with van der Waals surface area (Å²) in [6.45, 7) is 5.53. The molecule has 1 amide bonds. The van der Waals surface area contributed by atoms with Gasteiger partial charge in [-0.1, -0.05) is 18.2 Å². The van der Waals surface area contributed by atoms with Gasteiger partial charge in [0.15, 0.2) is 0 Å². The number of anilines is 2. The van der Waals surface area contributed by atoms with Gasteiger partial charge in [0.2, 0.25) is 10.0 Å². The van der Waals surface area contributed by atoms with Crippen LogP contribution in [0.4, 0.5) is 11.4 Å². The minimum atomic E-state index is -3.32. The summed E-state index contributed by atoms with van der Waals surface area (Å²) in [5.41, 5.74) is 7.67. The topological polar surface area (TPSA) is 79.0 Å². The first kappa shape index (κ1) is 24.9. The van der Waals surface area contributed by atoms with E-state index in [2.05, 4.69) is 28.8 Å². The van der Waals surface area contributed by atoms with Crippen LogP contribution < -0.4 is 14.4 Å². The summed E-state index contributed by atoms with van der Waals surface area (Å²) in [5.74, 6) is 1.02. The van der Waals surface area contributed by atoms with Gasteiger partial charge in [0.25, 0.3) is 5.91 Å². The lowest BCUT2D eigenvalue weighted by Crippen LogP contribution is -2.42. The van der Waals surface area contributed by atoms with Crippen LogP contribution in [0.5, 0.6) is 5.75 Å². The number of hydrogen-bond acceptors (Lipinski definition) is 5. The van der Waals surface area contributed by atoms with E-state index in [1.165, 1.54) is 11.1 Å². The van der Waals surface area contributed by atoms with Gasteiger partial charge in [-0.25, -0.2) is 8.42 Å². The van der Waals surface area contributed by atoms with E-state index in [0.717, 1.165) is 73.3 Å². The van der Waals surface area contributed by atoms with Crippen LogP contribution >= 0.6 is 0 Å². The van der Waals surface area contributed by atoms with Crippen LogP contribution in [-0.2, 0) is 21.9 Å². The van der Waals surface area contributed by atoms with Crippen molar-refractivity contribution in [2.24, 2.45) is 0 Å². The van der Waals surface area contributed by atoms with Gasteiger partial charge < -0.3 is 14.5 Å². The zero-order valence-corrected chi connectivity index (χ0v) is 22.9. The molecule has 7 nitrogen and oxygen atoms in total. The van der Waals surface area contributed by atoms with Crippen LogP contribution in [0.25, 0.3) is 11.1 Å². The third-order valence-corrected chi connectivity index (χ3v) is 8.92. The van der Waals surface area contributed by atoms with Crippen molar-refractivity contribution in [2.75, 3.05) is 49.2 Å². The Morgan fingerprint density at radius 1 is 1.00 bits per heavy atom. The van der Waals surface area contributed by atoms with Crippen molar-refractivity contribution in [3.63, 3.8) is 0 Å². The SMILES string of the molecule is Cc1cc(C(=O)N2CCc3cc4c(cc32)C2(CCN(C)CC2)CO4)ccc1-c1ccc(NS(C)(=O)=O)cc1. The molecule has 3 aliphatic rings. The highest BCUT2D eigenvalue weighted by Crippen LogP contribution is 2.49. The third-order valence-electron chi connectivity index (χ3n) is 8.31. The first-order valence-corrected chi connectivity index (χ1v) is 15.0. The molecule has 1 N–H and O–H groups in total. The molecule has 0 bridgehead atoms. The van der Waals surface area contributed by atoms with E-state index >= 15 is 0 Å². The molecular weight excluding hydrogens is 498 g/mol. The Balaban J connectivity index is 1.25. The second-order valence-corrected chi connectivity index (χ2v) is 12.8. The molecule has 3 aliphatic heterocycles. The fourth-order valence-electron chi connectivity index (χ4n) is 6.12. The van der Waals surface area contributed by atoms with Gasteiger partial charge in [-0.15, -0.1) is 0 Å². The highest BCUT2D eigenvalue weighted by Gasteiger charge is 2.44. The molecule has 1 saturated heterocycles. The predicted molar refractivity (Wildman–Crippen MR) is 151 cm³/mol. The molecule has 0 aromatic heterocycles. The third kappa shape index (κ3) is 4.46. The average molecular weight is 532 g/mol. The Morgan fingerprint density at radius 3 is 2.42 bits per heavy atom. The summed E-state index contributed by atoms with van der Waals surface area (Å²) in [5, 5.41) is 0. The van der Waals surface area contributed by atoms with Gasteiger partial charge in [0, 0.05) is 34.5 Å². The molecule has 0 atom stereocenters. The Bertz CT molecular complexity index is 1520. The summed E-state index contributed by atoms with van der Waals surface area (Å²) in [4.78, 5) is 18.0. The van der Waals surface area contributed by atoms with Crippen molar-refractivity contribution in [1.29, 1.82) is 0 Å². The maximum Gasteiger partial charge on any atom is 0.258 e. The summed E-state index contributed by atoms with van der Waals surface area (Å²) < 4.78 is 31.6. The molecule has 3 aromatic rings. The molecule has 38 heavy (non-hydrogen) atoms. The van der Waals surface area contributed by atoms with E-state index in [4.69, 9.17) is 4.74 Å². The Labute approximate surface area is 224 Å². The Hall–Kier alpha value is -3.36. The lowest BCUT2D eigenvalue weighted by atomic mass is 9.74. The molecule has 0 unspecified atom stereocenters. The lowest BCUT2D eigenvalue weighted by Gasteiger charge is -2.37. The number of piperidine rings is 1. The van der Waals surface area contributed by atoms with Gasteiger partial charge in [0.1, 0.15) is 5.75 Å². The molecule has 1 spiro atoms. The Morgan fingerprint density at radius 2 is 1.74 bits per heavy atom. The summed E-state index contributed by atoms with van der Waals surface area (Å²) in [6, 6.07) is 17.5. The van der Waals surface area contributed by atoms with Gasteiger partial charge in [-0.2, -0.15) is 0 Å². The van der Waals surface area contributed by atoms with Crippen LogP contribution in [0.3, 0.4) is 0 Å². The number of ether oxygens (including phenoxy) is 1. The molecular formula is C30H33N3O4S. The fraction of sp³-hybridized carbons (Fsp3) is 0.367. The predicted octanol–water partition coefficient (Wildman–Crippen LogP) is 4.59. The molecule has 1 fully saturated rings. The van der Waals surface area contributed by atoms with Crippen LogP contribution in [0.15, 0.2) is 54.6 Å². The zero-order valence-electron chi connectivity index (χ0n) is 22.1. The monoisotopic (exact) mass is 531 g/mol. The number of aryl methyl sites for hydroxylation is 1. The van der Waals surface area contributed by atoms with Crippen LogP contribution in [0.1, 0.15) is 39.9 Å². The summed E-state index contributed by atoms with van der Waals surface area (Å²) in [6.07, 6.45) is 4.12. The van der Waals surface area contributed by atoms with Crippen molar-refractivity contribution >= 4 is 27.3 Å². The average Bonchev–Trinajstić information content (AvgIpc) is 3.45. The number of hydrogen-bond donors (Lipinski definition) is 1. The number of amides is 1. The Kier molecular flexibility index (Phi) is 6.00. The highest BCUT2D eigenvalue weighted by molar-refractivity contribution is 7.92. The number of nitrogens with zero attached hydrogens (tertiary/aromatic N) is 2. The molecule has 0 aliphatic carbocycles. The second-order valence-electron chi connectivity index (χ2n) is 11.0. The molecule has 6 rings (SSSR count). The number of rotatable bonds is 4. The first-order valence-electron chi connectivity index (χ1n) is 13.1. The number of carbonyl (C=O) groups excluding carboxylic acids is 1. The molecule has 3 aromatic carbocycles. The van der Waals surface area contributed by atoms with E-state index in [0.29, 0.717) is 17.8 Å². The van der Waals surface area contributed by atoms with Gasteiger partial charge in [-0.05, 0) is 105 Å². The van der Waals surface area contributed by atoms with Crippen LogP contribution in [0, 0.1) is 6.92 Å². The van der Waals surface area contributed by atoms with Crippen LogP contribution in [-0.4, -0.2) is 58.8 Å². The normalized spacial score (nSPS) is 18.2. The van der Waals surface area contributed by atoms with E-state index in [9.17, 15) is 13.2 Å². The van der Waals surface area contributed by atoms with Crippen molar-refractivity contribution < 1.29 is 17.9 Å². The molecule has 3 heterocycles. The van der Waals surface area contributed by atoms with E-state index in [1.807, 2.05) is 42.2 Å². The number of nitrogens with one attached hydrogen (secondary N) is 1. The molecule has 0 saturated carbocycles. The van der Waals surface area contributed by atoms with Gasteiger partial charge >= 0.3 is 0 Å². The van der Waals surface area contributed by atoms with Gasteiger partial charge in [-0.3, -0.25) is 9.52 Å². The smallest absolute Gasteiger partial charge is 0.258 e. The van der Waals surface area contributed by atoms with Crippen LogP contribution in [0.2, 0.25) is 0 Å². The highest BCUT2D eigenvalue weighted by atomic mass is 32.2. The minimum absolute atomic E-state index is 0.0161. The standard InChI is InChI=1S/C30H33N3O4S/c1-20-16-23(6-9-25(20)21-4-7-24(8-5-21)31-38(3,35)36)29(34)33-13-10-22-17-28-26(18-27(22)33)30(19-37-28)11-14-32(2)15-12-30/h4-9,16-18,31H,10-15,19H2,1-3H3. The first-order chi connectivity index (χ1) is 18.1. The maximum atomic E-state index is 13.7. The number of fused-ring (bicyclic) bond motifs is 3. The zero-order chi connectivity index (χ0) is 26.7. The minimum Gasteiger partial charge on any atom is -0.492 e. The largest absolute Gasteiger partial charge is 0.492 e. The summed E-state index contributed by atoms with van der Waals surface area (Å²) >= 11 is 0. The van der Waals surface area contributed by atoms with Crippen molar-refractivity contribution in [3.05, 3.63) is 76.9 Å². The number of carbonyl (C=O) groups is 1. The lowest BCUT2D eigenvalue weighted by molar-refractivity contribution is 0.0989. The molecule has 8 heteroatoms. The fourth-order valence-corrected chi connectivity index (χ4v) is 6.69.